The molecule has 0 bridgehead atoms. The highest BCUT2D eigenvalue weighted by Gasteiger charge is 2.30. The van der Waals surface area contributed by atoms with Crippen LogP contribution in [-0.2, 0) is 14.8 Å². The lowest BCUT2D eigenvalue weighted by Gasteiger charge is -2.30. The maximum Gasteiger partial charge on any atom is 0.246 e. The van der Waals surface area contributed by atoms with E-state index in [1.807, 2.05) is 0 Å². The lowest BCUT2D eigenvalue weighted by atomic mass is 10.1. The first-order valence-electron chi connectivity index (χ1n) is 5.64. The third-order valence-corrected chi connectivity index (χ3v) is 4.78. The summed E-state index contributed by atoms with van der Waals surface area (Å²) >= 11 is 0. The molecule has 1 unspecified atom stereocenters. The van der Waals surface area contributed by atoms with Gasteiger partial charge in [-0.1, -0.05) is 0 Å². The van der Waals surface area contributed by atoms with E-state index in [4.69, 9.17) is 10.5 Å². The van der Waals surface area contributed by atoms with Gasteiger partial charge in [0.2, 0.25) is 16.0 Å². The van der Waals surface area contributed by atoms with Gasteiger partial charge in [0, 0.05) is 20.2 Å². The Bertz CT molecular complexity index is 502. The van der Waals surface area contributed by atoms with Crippen LogP contribution < -0.4 is 5.73 Å². The van der Waals surface area contributed by atoms with Crippen molar-refractivity contribution in [1.29, 1.82) is 0 Å². The molecule has 0 amide bonds. The molecule has 2 heterocycles. The van der Waals surface area contributed by atoms with Crippen molar-refractivity contribution in [1.82, 2.24) is 14.3 Å². The molecule has 1 aliphatic rings. The number of rotatable bonds is 3. The minimum atomic E-state index is -3.55. The van der Waals surface area contributed by atoms with Gasteiger partial charge >= 0.3 is 0 Å². The van der Waals surface area contributed by atoms with Gasteiger partial charge in [-0.2, -0.15) is 4.31 Å². The summed E-state index contributed by atoms with van der Waals surface area (Å²) in [5, 5.41) is 0. The molecule has 1 atom stereocenters. The van der Waals surface area contributed by atoms with Crippen LogP contribution in [0.5, 0.6) is 0 Å². The zero-order chi connectivity index (χ0) is 13.2. The molecule has 8 heteroatoms. The van der Waals surface area contributed by atoms with Crippen molar-refractivity contribution in [2.45, 2.75) is 23.8 Å². The van der Waals surface area contributed by atoms with Crippen LogP contribution in [0.3, 0.4) is 0 Å². The average Bonchev–Trinajstić information content (AvgIpc) is 2.39. The Morgan fingerprint density at radius 2 is 2.11 bits per heavy atom. The summed E-state index contributed by atoms with van der Waals surface area (Å²) in [5.41, 5.74) is 5.34. The van der Waals surface area contributed by atoms with Gasteiger partial charge in [-0.3, -0.25) is 0 Å². The fourth-order valence-corrected chi connectivity index (χ4v) is 3.33. The quantitative estimate of drug-likeness (QED) is 0.822. The lowest BCUT2D eigenvalue weighted by molar-refractivity contribution is 0.0572. The number of aromatic nitrogens is 2. The number of nitrogens with zero attached hydrogens (tertiary/aromatic N) is 3. The zero-order valence-electron chi connectivity index (χ0n) is 10.1. The smallest absolute Gasteiger partial charge is 0.246 e. The number of anilines is 1. The van der Waals surface area contributed by atoms with E-state index in [9.17, 15) is 8.42 Å². The predicted octanol–water partition coefficient (Wildman–Crippen LogP) is -0.142. The summed E-state index contributed by atoms with van der Waals surface area (Å²) in [7, 11) is -1.96. The maximum absolute atomic E-state index is 12.3. The van der Waals surface area contributed by atoms with E-state index in [0.29, 0.717) is 13.1 Å². The fraction of sp³-hybridized carbons (Fsp3) is 0.600. The molecule has 0 aliphatic carbocycles. The van der Waals surface area contributed by atoms with E-state index in [2.05, 4.69) is 9.97 Å². The number of ether oxygens (including phenoxy) is 1. The fourth-order valence-electron chi connectivity index (χ4n) is 1.92. The number of hydrogen-bond donors (Lipinski definition) is 1. The molecule has 2 rings (SSSR count). The highest BCUT2D eigenvalue weighted by molar-refractivity contribution is 7.89. The first-order chi connectivity index (χ1) is 8.54. The summed E-state index contributed by atoms with van der Waals surface area (Å²) in [6.45, 7) is 0.857. The van der Waals surface area contributed by atoms with Gasteiger partial charge in [-0.05, 0) is 12.8 Å². The van der Waals surface area contributed by atoms with Gasteiger partial charge in [0.1, 0.15) is 4.90 Å². The normalized spacial score (nSPS) is 21.9. The van der Waals surface area contributed by atoms with Crippen molar-refractivity contribution in [3.8, 4) is 0 Å². The molecular formula is C10H16N4O3S. The molecule has 2 N–H and O–H groups in total. The number of nitrogen functional groups attached to an aromatic ring is 1. The molecule has 0 spiro atoms. The number of hydrogen-bond acceptors (Lipinski definition) is 6. The molecule has 0 aromatic carbocycles. The van der Waals surface area contributed by atoms with Crippen LogP contribution >= 0.6 is 0 Å². The molecule has 1 fully saturated rings. The van der Waals surface area contributed by atoms with Gasteiger partial charge in [0.05, 0.1) is 18.5 Å². The van der Waals surface area contributed by atoms with E-state index in [-0.39, 0.29) is 16.9 Å². The van der Waals surface area contributed by atoms with E-state index in [1.165, 1.54) is 16.7 Å². The largest absolute Gasteiger partial charge is 0.380 e. The maximum atomic E-state index is 12.3. The minimum absolute atomic E-state index is 0.0526. The third-order valence-electron chi connectivity index (χ3n) is 2.96. The molecule has 0 radical (unpaired) electrons. The van der Waals surface area contributed by atoms with Crippen molar-refractivity contribution >= 4 is 16.0 Å². The van der Waals surface area contributed by atoms with Crippen LogP contribution in [-0.4, -0.2) is 49.0 Å². The topological polar surface area (TPSA) is 98.4 Å². The standard InChI is InChI=1S/C10H16N4O3S/c1-17-8-3-2-4-14(7-8)18(15,16)9-5-12-10(11)13-6-9/h5-6,8H,2-4,7H2,1H3,(H2,11,12,13). The summed E-state index contributed by atoms with van der Waals surface area (Å²) < 4.78 is 31.2. The van der Waals surface area contributed by atoms with Gasteiger partial charge in [-0.15, -0.1) is 0 Å². The summed E-state index contributed by atoms with van der Waals surface area (Å²) in [4.78, 5) is 7.48. The highest BCUT2D eigenvalue weighted by Crippen LogP contribution is 2.20. The first kappa shape index (κ1) is 13.2. The number of nitrogens with two attached hydrogens (primary N) is 1. The zero-order valence-corrected chi connectivity index (χ0v) is 10.9. The second-order valence-electron chi connectivity index (χ2n) is 4.14. The number of methoxy groups -OCH3 is 1. The molecule has 0 saturated carbocycles. The van der Waals surface area contributed by atoms with Crippen molar-refractivity contribution in [3.63, 3.8) is 0 Å². The van der Waals surface area contributed by atoms with Crippen LogP contribution in [0.25, 0.3) is 0 Å². The van der Waals surface area contributed by atoms with Gasteiger partial charge in [0.15, 0.2) is 0 Å². The van der Waals surface area contributed by atoms with Gasteiger partial charge in [0.25, 0.3) is 0 Å². The third kappa shape index (κ3) is 2.60. The van der Waals surface area contributed by atoms with E-state index < -0.39 is 10.0 Å². The Kier molecular flexibility index (Phi) is 3.79. The van der Waals surface area contributed by atoms with E-state index in [1.54, 1.807) is 7.11 Å². The van der Waals surface area contributed by atoms with Crippen molar-refractivity contribution in [3.05, 3.63) is 12.4 Å². The van der Waals surface area contributed by atoms with E-state index >= 15 is 0 Å². The molecule has 100 valence electrons. The molecule has 1 aliphatic heterocycles. The van der Waals surface area contributed by atoms with Gasteiger partial charge < -0.3 is 10.5 Å². The summed E-state index contributed by atoms with van der Waals surface area (Å²) in [5.74, 6) is 0.0577. The Hall–Kier alpha value is -1.25. The van der Waals surface area contributed by atoms with Crippen molar-refractivity contribution < 1.29 is 13.2 Å². The molecule has 1 aromatic rings. The Morgan fingerprint density at radius 3 is 2.72 bits per heavy atom. The molecule has 18 heavy (non-hydrogen) atoms. The van der Waals surface area contributed by atoms with Crippen LogP contribution in [0.4, 0.5) is 5.95 Å². The second-order valence-corrected chi connectivity index (χ2v) is 6.08. The van der Waals surface area contributed by atoms with Crippen molar-refractivity contribution in [2.24, 2.45) is 0 Å². The summed E-state index contributed by atoms with van der Waals surface area (Å²) in [6, 6.07) is 0. The monoisotopic (exact) mass is 272 g/mol. The number of piperidine rings is 1. The Labute approximate surface area is 106 Å². The SMILES string of the molecule is COC1CCCN(S(=O)(=O)c2cnc(N)nc2)C1. The van der Waals surface area contributed by atoms with Crippen LogP contribution in [0, 0.1) is 0 Å². The van der Waals surface area contributed by atoms with Crippen LogP contribution in [0.1, 0.15) is 12.8 Å². The second kappa shape index (κ2) is 5.17. The molecule has 1 aromatic heterocycles. The molecule has 7 nitrogen and oxygen atoms in total. The Morgan fingerprint density at radius 1 is 1.44 bits per heavy atom. The summed E-state index contributed by atoms with van der Waals surface area (Å²) in [6.07, 6.45) is 4.07. The van der Waals surface area contributed by atoms with Gasteiger partial charge in [-0.25, -0.2) is 18.4 Å². The first-order valence-corrected chi connectivity index (χ1v) is 7.08. The Balaban J connectivity index is 2.22. The predicted molar refractivity (Wildman–Crippen MR) is 65.2 cm³/mol. The minimum Gasteiger partial charge on any atom is -0.380 e. The van der Waals surface area contributed by atoms with Crippen LogP contribution in [0.15, 0.2) is 17.3 Å². The highest BCUT2D eigenvalue weighted by atomic mass is 32.2. The molecule has 1 saturated heterocycles. The van der Waals surface area contributed by atoms with Crippen molar-refractivity contribution in [2.75, 3.05) is 25.9 Å². The lowest BCUT2D eigenvalue weighted by Crippen LogP contribution is -2.42. The average molecular weight is 272 g/mol. The van der Waals surface area contributed by atoms with E-state index in [0.717, 1.165) is 12.8 Å². The number of sulfonamides is 1. The molecular weight excluding hydrogens is 256 g/mol. The van der Waals surface area contributed by atoms with Crippen LogP contribution in [0.2, 0.25) is 0 Å².